The summed E-state index contributed by atoms with van der Waals surface area (Å²) in [6.45, 7) is 9.57. The van der Waals surface area contributed by atoms with Gasteiger partial charge in [0.05, 0.1) is 6.61 Å². The van der Waals surface area contributed by atoms with E-state index >= 15 is 0 Å². The maximum Gasteiger partial charge on any atom is 0.0587 e. The number of hydrogen-bond acceptors (Lipinski definition) is 3. The second-order valence-corrected chi connectivity index (χ2v) is 4.36. The molecule has 0 saturated carbocycles. The van der Waals surface area contributed by atoms with Crippen LogP contribution in [0.3, 0.4) is 0 Å². The lowest BCUT2D eigenvalue weighted by Gasteiger charge is -2.15. The first-order chi connectivity index (χ1) is 7.85. The monoisotopic (exact) mass is 230 g/mol. The van der Waals surface area contributed by atoms with Crippen molar-refractivity contribution in [1.29, 1.82) is 0 Å². The normalized spacial score (nSPS) is 12.9. The van der Waals surface area contributed by atoms with Gasteiger partial charge in [0.25, 0.3) is 0 Å². The van der Waals surface area contributed by atoms with E-state index in [0.717, 1.165) is 32.2 Å². The van der Waals surface area contributed by atoms with Crippen LogP contribution in [0.2, 0.25) is 0 Å². The molecule has 3 nitrogen and oxygen atoms in total. The fraction of sp³-hybridized carbons (Fsp3) is 1.00. The molecule has 0 heterocycles. The van der Waals surface area contributed by atoms with E-state index in [9.17, 15) is 0 Å². The zero-order valence-electron chi connectivity index (χ0n) is 11.3. The standard InChI is InChI=1S/C13H30N2O/c1-4-6-7-13(5-2)12-15-9-8-14-10-11-16-3/h13-15H,4-12H2,1-3H3. The van der Waals surface area contributed by atoms with Crippen molar-refractivity contribution in [1.82, 2.24) is 10.6 Å². The molecule has 0 aliphatic heterocycles. The summed E-state index contributed by atoms with van der Waals surface area (Å²) in [6.07, 6.45) is 5.35. The third-order valence-corrected chi connectivity index (χ3v) is 2.94. The predicted octanol–water partition coefficient (Wildman–Crippen LogP) is 2.03. The van der Waals surface area contributed by atoms with Gasteiger partial charge in [0.2, 0.25) is 0 Å². The molecule has 0 fully saturated rings. The van der Waals surface area contributed by atoms with Gasteiger partial charge < -0.3 is 15.4 Å². The van der Waals surface area contributed by atoms with Gasteiger partial charge in [0.1, 0.15) is 0 Å². The molecular formula is C13H30N2O. The van der Waals surface area contributed by atoms with E-state index in [1.54, 1.807) is 7.11 Å². The third kappa shape index (κ3) is 10.4. The fourth-order valence-corrected chi connectivity index (χ4v) is 1.73. The van der Waals surface area contributed by atoms with Crippen LogP contribution in [-0.4, -0.2) is 39.9 Å². The molecule has 2 N–H and O–H groups in total. The Labute approximate surface area is 101 Å². The molecule has 0 amide bonds. The van der Waals surface area contributed by atoms with Gasteiger partial charge in [0.15, 0.2) is 0 Å². The molecular weight excluding hydrogens is 200 g/mol. The van der Waals surface area contributed by atoms with Crippen LogP contribution in [-0.2, 0) is 4.74 Å². The highest BCUT2D eigenvalue weighted by atomic mass is 16.5. The van der Waals surface area contributed by atoms with Crippen molar-refractivity contribution in [3.8, 4) is 0 Å². The minimum absolute atomic E-state index is 0.800. The number of rotatable bonds is 12. The number of methoxy groups -OCH3 is 1. The highest BCUT2D eigenvalue weighted by Crippen LogP contribution is 2.10. The van der Waals surface area contributed by atoms with E-state index in [1.165, 1.54) is 32.2 Å². The fourth-order valence-electron chi connectivity index (χ4n) is 1.73. The Balaban J connectivity index is 3.20. The molecule has 98 valence electrons. The van der Waals surface area contributed by atoms with Gasteiger partial charge in [0, 0.05) is 26.7 Å². The summed E-state index contributed by atoms with van der Waals surface area (Å²) in [6, 6.07) is 0. The van der Waals surface area contributed by atoms with E-state index in [-0.39, 0.29) is 0 Å². The van der Waals surface area contributed by atoms with Crippen molar-refractivity contribution in [2.45, 2.75) is 39.5 Å². The Bertz CT molecular complexity index is 131. The Morgan fingerprint density at radius 1 is 1.06 bits per heavy atom. The Morgan fingerprint density at radius 3 is 2.44 bits per heavy atom. The summed E-state index contributed by atoms with van der Waals surface area (Å²) in [7, 11) is 1.74. The van der Waals surface area contributed by atoms with E-state index < -0.39 is 0 Å². The van der Waals surface area contributed by atoms with E-state index in [0.29, 0.717) is 0 Å². The van der Waals surface area contributed by atoms with Crippen LogP contribution in [0.1, 0.15) is 39.5 Å². The van der Waals surface area contributed by atoms with Crippen LogP contribution in [0, 0.1) is 5.92 Å². The molecule has 16 heavy (non-hydrogen) atoms. The quantitative estimate of drug-likeness (QED) is 0.503. The van der Waals surface area contributed by atoms with Crippen molar-refractivity contribution >= 4 is 0 Å². The third-order valence-electron chi connectivity index (χ3n) is 2.94. The van der Waals surface area contributed by atoms with Gasteiger partial charge in [-0.05, 0) is 18.9 Å². The SMILES string of the molecule is CCCCC(CC)CNCCNCCOC. The number of nitrogens with one attached hydrogen (secondary N) is 2. The first-order valence-electron chi connectivity index (χ1n) is 6.75. The van der Waals surface area contributed by atoms with Gasteiger partial charge >= 0.3 is 0 Å². The van der Waals surface area contributed by atoms with Gasteiger partial charge in [-0.2, -0.15) is 0 Å². The van der Waals surface area contributed by atoms with Crippen LogP contribution >= 0.6 is 0 Å². The largest absolute Gasteiger partial charge is 0.383 e. The second kappa shape index (κ2) is 12.9. The second-order valence-electron chi connectivity index (χ2n) is 4.36. The Kier molecular flexibility index (Phi) is 12.9. The molecule has 0 aliphatic carbocycles. The summed E-state index contributed by atoms with van der Waals surface area (Å²) in [5, 5.41) is 6.85. The molecule has 3 heteroatoms. The summed E-state index contributed by atoms with van der Waals surface area (Å²) >= 11 is 0. The van der Waals surface area contributed by atoms with Crippen LogP contribution in [0.4, 0.5) is 0 Å². The van der Waals surface area contributed by atoms with Crippen molar-refractivity contribution < 1.29 is 4.74 Å². The number of ether oxygens (including phenoxy) is 1. The predicted molar refractivity (Wildman–Crippen MR) is 70.9 cm³/mol. The summed E-state index contributed by atoms with van der Waals surface area (Å²) in [5.74, 6) is 0.860. The molecule has 0 aromatic rings. The molecule has 0 rings (SSSR count). The van der Waals surface area contributed by atoms with E-state index in [2.05, 4.69) is 24.5 Å². The molecule has 0 aromatic heterocycles. The molecule has 1 atom stereocenters. The van der Waals surface area contributed by atoms with Gasteiger partial charge in [-0.3, -0.25) is 0 Å². The summed E-state index contributed by atoms with van der Waals surface area (Å²) in [5.41, 5.74) is 0. The molecule has 0 bridgehead atoms. The van der Waals surface area contributed by atoms with E-state index in [1.807, 2.05) is 0 Å². The van der Waals surface area contributed by atoms with Crippen molar-refractivity contribution in [3.05, 3.63) is 0 Å². The topological polar surface area (TPSA) is 33.3 Å². The summed E-state index contributed by atoms with van der Waals surface area (Å²) < 4.78 is 4.97. The average Bonchev–Trinajstić information content (AvgIpc) is 2.32. The number of hydrogen-bond donors (Lipinski definition) is 2. The highest BCUT2D eigenvalue weighted by Gasteiger charge is 2.04. The highest BCUT2D eigenvalue weighted by molar-refractivity contribution is 4.61. The van der Waals surface area contributed by atoms with Crippen molar-refractivity contribution in [2.24, 2.45) is 5.92 Å². The molecule has 0 aliphatic rings. The molecule has 0 spiro atoms. The van der Waals surface area contributed by atoms with Gasteiger partial charge in [-0.25, -0.2) is 0 Å². The number of unbranched alkanes of at least 4 members (excludes halogenated alkanes) is 1. The van der Waals surface area contributed by atoms with Gasteiger partial charge in [-0.1, -0.05) is 33.1 Å². The minimum Gasteiger partial charge on any atom is -0.383 e. The minimum atomic E-state index is 0.800. The lowest BCUT2D eigenvalue weighted by Crippen LogP contribution is -2.32. The zero-order valence-corrected chi connectivity index (χ0v) is 11.3. The van der Waals surface area contributed by atoms with Crippen LogP contribution in [0.25, 0.3) is 0 Å². The van der Waals surface area contributed by atoms with Crippen LogP contribution < -0.4 is 10.6 Å². The van der Waals surface area contributed by atoms with E-state index in [4.69, 9.17) is 4.74 Å². The van der Waals surface area contributed by atoms with Gasteiger partial charge in [-0.15, -0.1) is 0 Å². The van der Waals surface area contributed by atoms with Crippen molar-refractivity contribution in [2.75, 3.05) is 39.9 Å². The lowest BCUT2D eigenvalue weighted by atomic mass is 9.99. The molecule has 0 radical (unpaired) electrons. The average molecular weight is 230 g/mol. The van der Waals surface area contributed by atoms with Crippen LogP contribution in [0.15, 0.2) is 0 Å². The first-order valence-corrected chi connectivity index (χ1v) is 6.75. The Hall–Kier alpha value is -0.120. The first kappa shape index (κ1) is 15.9. The molecule has 1 unspecified atom stereocenters. The zero-order chi connectivity index (χ0) is 12.1. The summed E-state index contributed by atoms with van der Waals surface area (Å²) in [4.78, 5) is 0. The maximum absolute atomic E-state index is 4.97. The maximum atomic E-state index is 4.97. The van der Waals surface area contributed by atoms with Crippen LogP contribution in [0.5, 0.6) is 0 Å². The molecule has 0 aromatic carbocycles. The molecule has 0 saturated heterocycles. The Morgan fingerprint density at radius 2 is 1.81 bits per heavy atom. The smallest absolute Gasteiger partial charge is 0.0587 e. The van der Waals surface area contributed by atoms with Crippen molar-refractivity contribution in [3.63, 3.8) is 0 Å². The lowest BCUT2D eigenvalue weighted by molar-refractivity contribution is 0.199.